The van der Waals surface area contributed by atoms with Crippen LogP contribution in [0.2, 0.25) is 0 Å². The van der Waals surface area contributed by atoms with Crippen LogP contribution in [0.25, 0.3) is 10.8 Å². The molecule has 4 aromatic carbocycles. The minimum absolute atomic E-state index is 0.278. The second kappa shape index (κ2) is 35.1. The van der Waals surface area contributed by atoms with Crippen molar-refractivity contribution in [1.82, 2.24) is 9.80 Å². The molecule has 0 spiro atoms. The predicted octanol–water partition coefficient (Wildman–Crippen LogP) is 18.9. The summed E-state index contributed by atoms with van der Waals surface area (Å²) in [6, 6.07) is 22.6. The average Bonchev–Trinajstić information content (AvgIpc) is 3.52. The monoisotopic (exact) mass is 1030 g/mol. The lowest BCUT2D eigenvalue weighted by molar-refractivity contribution is 0.0585. The van der Waals surface area contributed by atoms with Crippen LogP contribution in [-0.2, 0) is 0 Å². The highest BCUT2D eigenvalue weighted by Crippen LogP contribution is 2.41. The molecule has 4 aromatic rings. The SMILES string of the molecule is CCCCCCCCCCCCCCCCCCCCN1C(=O)c2cc(C#Cc3ccccc3)c3c4c(cc(C#Cc5ccccc5)c(c24)C1=O)C(=O)N(CCCCCCCCCCCCCCCCCCCC)C3=O. The van der Waals surface area contributed by atoms with Crippen molar-refractivity contribution < 1.29 is 19.2 Å². The number of carbonyl (C=O) groups excluding carboxylic acids is 4. The molecule has 0 unspecified atom stereocenters. The van der Waals surface area contributed by atoms with Crippen LogP contribution in [0.5, 0.6) is 0 Å². The fraction of sp³-hybridized carbons (Fsp3) is 0.571. The van der Waals surface area contributed by atoms with Gasteiger partial charge in [-0.2, -0.15) is 0 Å². The molecule has 2 aliphatic heterocycles. The van der Waals surface area contributed by atoms with Crippen LogP contribution in [0.4, 0.5) is 0 Å². The highest BCUT2D eigenvalue weighted by atomic mass is 16.2. The number of hydrogen-bond acceptors (Lipinski definition) is 4. The van der Waals surface area contributed by atoms with Crippen molar-refractivity contribution in [3.8, 4) is 23.7 Å². The molecule has 0 saturated heterocycles. The van der Waals surface area contributed by atoms with E-state index >= 15 is 0 Å². The molecule has 6 heteroatoms. The summed E-state index contributed by atoms with van der Waals surface area (Å²) in [5.74, 6) is 11.3. The lowest BCUT2D eigenvalue weighted by Gasteiger charge is -2.33. The standard InChI is InChI=1S/C70H94N2O4/c1-3-5-7-9-11-13-15-17-19-21-23-25-27-29-31-33-35-43-53-71-67(73)61-55-60(52-50-58-47-41-38-42-48-58)64-66-62(56-59(63(65(61)66)69(71)75)51-49-57-45-39-37-40-46-57)68(74)72(70(64)76)54-44-36-34-32-30-28-26-24-22-20-18-16-14-12-10-8-6-4-2/h37-42,45-48,55-56H,3-36,43-44,53-54H2,1-2H3. The second-order valence-electron chi connectivity index (χ2n) is 22.2. The molecular weight excluding hydrogens is 933 g/mol. The number of benzene rings is 4. The molecule has 4 amide bonds. The molecule has 0 saturated carbocycles. The van der Waals surface area contributed by atoms with Crippen LogP contribution in [0.3, 0.4) is 0 Å². The van der Waals surface area contributed by atoms with Gasteiger partial charge >= 0.3 is 0 Å². The van der Waals surface area contributed by atoms with Gasteiger partial charge < -0.3 is 0 Å². The molecule has 0 aromatic heterocycles. The third-order valence-electron chi connectivity index (χ3n) is 16.0. The van der Waals surface area contributed by atoms with E-state index in [1.165, 1.54) is 190 Å². The van der Waals surface area contributed by atoms with E-state index in [9.17, 15) is 19.2 Å². The van der Waals surface area contributed by atoms with Crippen LogP contribution in [-0.4, -0.2) is 46.5 Å². The zero-order valence-electron chi connectivity index (χ0n) is 47.3. The van der Waals surface area contributed by atoms with Crippen molar-refractivity contribution in [3.05, 3.63) is 117 Å². The van der Waals surface area contributed by atoms with E-state index in [0.29, 0.717) is 34.7 Å². The molecule has 76 heavy (non-hydrogen) atoms. The Kier molecular flexibility index (Phi) is 27.6. The topological polar surface area (TPSA) is 74.8 Å². The summed E-state index contributed by atoms with van der Waals surface area (Å²) in [5, 5.41) is 0.683. The van der Waals surface area contributed by atoms with Crippen molar-refractivity contribution in [2.45, 2.75) is 245 Å². The maximum absolute atomic E-state index is 14.8. The van der Waals surface area contributed by atoms with E-state index in [2.05, 4.69) is 37.5 Å². The fourth-order valence-corrected chi connectivity index (χ4v) is 11.4. The van der Waals surface area contributed by atoms with Crippen LogP contribution in [0.1, 0.15) is 309 Å². The lowest BCUT2D eigenvalue weighted by atomic mass is 9.81. The molecule has 0 aliphatic carbocycles. The zero-order chi connectivity index (χ0) is 53.4. The van der Waals surface area contributed by atoms with Gasteiger partial charge in [0.1, 0.15) is 0 Å². The number of nitrogens with zero attached hydrogens (tertiary/aromatic N) is 2. The number of imide groups is 2. The second-order valence-corrected chi connectivity index (χ2v) is 22.2. The summed E-state index contributed by atoms with van der Waals surface area (Å²) in [5.41, 5.74) is 3.44. The third kappa shape index (κ3) is 18.9. The molecule has 0 bridgehead atoms. The molecule has 0 N–H and O–H groups in total. The van der Waals surface area contributed by atoms with E-state index < -0.39 is 23.6 Å². The van der Waals surface area contributed by atoms with Gasteiger partial charge in [-0.3, -0.25) is 29.0 Å². The molecule has 0 radical (unpaired) electrons. The van der Waals surface area contributed by atoms with Gasteiger partial charge in [-0.25, -0.2) is 0 Å². The van der Waals surface area contributed by atoms with E-state index in [-0.39, 0.29) is 35.3 Å². The maximum Gasteiger partial charge on any atom is 0.262 e. The highest BCUT2D eigenvalue weighted by Gasteiger charge is 2.42. The van der Waals surface area contributed by atoms with Gasteiger partial charge in [0.2, 0.25) is 0 Å². The first-order valence-corrected chi connectivity index (χ1v) is 31.0. The molecule has 0 fully saturated rings. The van der Waals surface area contributed by atoms with Crippen LogP contribution >= 0.6 is 0 Å². The number of unbranched alkanes of at least 4 members (excludes halogenated alkanes) is 34. The number of carbonyl (C=O) groups is 4. The Morgan fingerprint density at radius 3 is 0.816 bits per heavy atom. The van der Waals surface area contributed by atoms with E-state index in [0.717, 1.165) is 49.7 Å². The third-order valence-corrected chi connectivity index (χ3v) is 16.0. The quantitative estimate of drug-likeness (QED) is 0.0255. The van der Waals surface area contributed by atoms with Crippen molar-refractivity contribution in [3.63, 3.8) is 0 Å². The Hall–Kier alpha value is -5.46. The van der Waals surface area contributed by atoms with Gasteiger partial charge in [-0.1, -0.05) is 292 Å². The normalized spacial score (nSPS) is 12.9. The Labute approximate surface area is 460 Å². The molecule has 2 heterocycles. The molecule has 6 rings (SSSR count). The van der Waals surface area contributed by atoms with Gasteiger partial charge in [0, 0.05) is 57.2 Å². The van der Waals surface area contributed by atoms with Gasteiger partial charge in [0.15, 0.2) is 0 Å². The number of hydrogen-bond donors (Lipinski definition) is 0. The summed E-state index contributed by atoms with van der Waals surface area (Å²) in [6.45, 7) is 5.12. The average molecular weight is 1030 g/mol. The molecule has 0 atom stereocenters. The molecule has 6 nitrogen and oxygen atoms in total. The first-order valence-electron chi connectivity index (χ1n) is 31.0. The maximum atomic E-state index is 14.8. The first-order chi connectivity index (χ1) is 37.4. The molecule has 2 aliphatic rings. The summed E-state index contributed by atoms with van der Waals surface area (Å²) < 4.78 is 0. The number of amides is 4. The minimum Gasteiger partial charge on any atom is -0.274 e. The Morgan fingerprint density at radius 1 is 0.303 bits per heavy atom. The predicted molar refractivity (Wildman–Crippen MR) is 317 cm³/mol. The summed E-state index contributed by atoms with van der Waals surface area (Å²) in [7, 11) is 0. The van der Waals surface area contributed by atoms with Crippen molar-refractivity contribution in [1.29, 1.82) is 0 Å². The van der Waals surface area contributed by atoms with Gasteiger partial charge in [-0.05, 0) is 49.2 Å². The Bertz CT molecular complexity index is 2360. The molecular formula is C70H94N2O4. The Morgan fingerprint density at radius 2 is 0.553 bits per heavy atom. The molecule has 408 valence electrons. The van der Waals surface area contributed by atoms with E-state index in [1.807, 2.05) is 60.7 Å². The largest absolute Gasteiger partial charge is 0.274 e. The van der Waals surface area contributed by atoms with E-state index in [4.69, 9.17) is 0 Å². The first kappa shape index (κ1) is 59.8. The lowest BCUT2D eigenvalue weighted by Crippen LogP contribution is -2.44. The summed E-state index contributed by atoms with van der Waals surface area (Å²) in [4.78, 5) is 61.9. The van der Waals surface area contributed by atoms with Gasteiger partial charge in [-0.15, -0.1) is 0 Å². The Balaban J connectivity index is 1.08. The fourth-order valence-electron chi connectivity index (χ4n) is 11.4. The van der Waals surface area contributed by atoms with Crippen molar-refractivity contribution in [2.75, 3.05) is 13.1 Å². The zero-order valence-corrected chi connectivity index (χ0v) is 47.3. The summed E-state index contributed by atoms with van der Waals surface area (Å²) >= 11 is 0. The summed E-state index contributed by atoms with van der Waals surface area (Å²) in [6.07, 6.45) is 45.4. The number of rotatable bonds is 38. The minimum atomic E-state index is -0.427. The smallest absolute Gasteiger partial charge is 0.262 e. The van der Waals surface area contributed by atoms with Crippen LogP contribution in [0.15, 0.2) is 72.8 Å². The van der Waals surface area contributed by atoms with Crippen LogP contribution in [0, 0.1) is 23.7 Å². The van der Waals surface area contributed by atoms with Crippen molar-refractivity contribution >= 4 is 34.4 Å². The van der Waals surface area contributed by atoms with Crippen LogP contribution < -0.4 is 0 Å². The van der Waals surface area contributed by atoms with Gasteiger partial charge in [0.05, 0.1) is 11.1 Å². The van der Waals surface area contributed by atoms with E-state index in [1.54, 1.807) is 12.1 Å². The van der Waals surface area contributed by atoms with Gasteiger partial charge in [0.25, 0.3) is 23.6 Å². The van der Waals surface area contributed by atoms with Crippen molar-refractivity contribution in [2.24, 2.45) is 0 Å². The highest BCUT2D eigenvalue weighted by molar-refractivity contribution is 6.34.